The molecule has 0 aliphatic carbocycles. The van der Waals surface area contributed by atoms with E-state index in [9.17, 15) is 14.3 Å². The SMILES string of the molecule is O=C(O)c1cc2c(cn1)CN(c1cc(F)nc(N3CCCC3CO)c1)CC2. The zero-order chi connectivity index (χ0) is 19.0. The van der Waals surface area contributed by atoms with Gasteiger partial charge in [-0.05, 0) is 36.5 Å². The third-order valence-electron chi connectivity index (χ3n) is 5.33. The molecule has 4 heterocycles. The molecular formula is C19H21FN4O3. The predicted molar refractivity (Wildman–Crippen MR) is 97.6 cm³/mol. The van der Waals surface area contributed by atoms with E-state index in [1.165, 1.54) is 6.07 Å². The first-order valence-corrected chi connectivity index (χ1v) is 9.06. The van der Waals surface area contributed by atoms with Crippen LogP contribution < -0.4 is 9.80 Å². The first kappa shape index (κ1) is 17.7. The van der Waals surface area contributed by atoms with Gasteiger partial charge < -0.3 is 20.0 Å². The molecule has 0 bridgehead atoms. The summed E-state index contributed by atoms with van der Waals surface area (Å²) >= 11 is 0. The quantitative estimate of drug-likeness (QED) is 0.792. The number of aromatic carboxylic acids is 1. The number of nitrogens with zero attached hydrogens (tertiary/aromatic N) is 4. The number of halogens is 1. The van der Waals surface area contributed by atoms with Gasteiger partial charge in [-0.15, -0.1) is 0 Å². The molecule has 27 heavy (non-hydrogen) atoms. The van der Waals surface area contributed by atoms with Crippen LogP contribution in [0.25, 0.3) is 0 Å². The molecule has 2 aliphatic heterocycles. The summed E-state index contributed by atoms with van der Waals surface area (Å²) in [6, 6.07) is 4.87. The van der Waals surface area contributed by atoms with Gasteiger partial charge in [-0.25, -0.2) is 14.8 Å². The summed E-state index contributed by atoms with van der Waals surface area (Å²) in [5, 5.41) is 18.6. The number of carboxylic acid groups (broad SMARTS) is 1. The number of pyridine rings is 2. The Bertz CT molecular complexity index is 876. The van der Waals surface area contributed by atoms with Gasteiger partial charge >= 0.3 is 5.97 Å². The Morgan fingerprint density at radius 3 is 2.89 bits per heavy atom. The van der Waals surface area contributed by atoms with Crippen LogP contribution in [0.3, 0.4) is 0 Å². The fraction of sp³-hybridized carbons (Fsp3) is 0.421. The molecule has 1 unspecified atom stereocenters. The molecule has 0 aromatic carbocycles. The highest BCUT2D eigenvalue weighted by atomic mass is 19.1. The molecule has 1 saturated heterocycles. The minimum absolute atomic E-state index is 0.0205. The van der Waals surface area contributed by atoms with Gasteiger partial charge in [0.15, 0.2) is 0 Å². The van der Waals surface area contributed by atoms with E-state index >= 15 is 0 Å². The van der Waals surface area contributed by atoms with Gasteiger partial charge in [0.05, 0.1) is 12.6 Å². The number of rotatable bonds is 4. The fourth-order valence-electron chi connectivity index (χ4n) is 3.90. The van der Waals surface area contributed by atoms with E-state index in [0.29, 0.717) is 25.3 Å². The smallest absolute Gasteiger partial charge is 0.354 e. The first-order valence-electron chi connectivity index (χ1n) is 9.06. The van der Waals surface area contributed by atoms with Crippen molar-refractivity contribution in [3.8, 4) is 0 Å². The molecule has 0 saturated carbocycles. The fourth-order valence-corrected chi connectivity index (χ4v) is 3.90. The zero-order valence-corrected chi connectivity index (χ0v) is 14.8. The summed E-state index contributed by atoms with van der Waals surface area (Å²) in [5.41, 5.74) is 2.69. The maximum atomic E-state index is 14.2. The minimum atomic E-state index is -1.04. The summed E-state index contributed by atoms with van der Waals surface area (Å²) in [6.45, 7) is 1.98. The Morgan fingerprint density at radius 2 is 2.11 bits per heavy atom. The molecule has 2 aliphatic rings. The van der Waals surface area contributed by atoms with Crippen molar-refractivity contribution in [1.29, 1.82) is 0 Å². The van der Waals surface area contributed by atoms with Gasteiger partial charge in [0.1, 0.15) is 11.5 Å². The molecule has 7 nitrogen and oxygen atoms in total. The van der Waals surface area contributed by atoms with Crippen LogP contribution in [0.15, 0.2) is 24.4 Å². The highest BCUT2D eigenvalue weighted by Gasteiger charge is 2.27. The average Bonchev–Trinajstić information content (AvgIpc) is 3.15. The van der Waals surface area contributed by atoms with Gasteiger partial charge in [0, 0.05) is 43.7 Å². The Kier molecular flexibility index (Phi) is 4.65. The predicted octanol–water partition coefficient (Wildman–Crippen LogP) is 1.84. The monoisotopic (exact) mass is 372 g/mol. The lowest BCUT2D eigenvalue weighted by atomic mass is 10.0. The second-order valence-corrected chi connectivity index (χ2v) is 6.99. The average molecular weight is 372 g/mol. The number of hydrogen-bond donors (Lipinski definition) is 2. The maximum absolute atomic E-state index is 14.2. The molecule has 2 aromatic rings. The van der Waals surface area contributed by atoms with Crippen molar-refractivity contribution < 1.29 is 19.4 Å². The Labute approximate surface area is 156 Å². The normalized spacial score (nSPS) is 19.3. The molecule has 1 atom stereocenters. The summed E-state index contributed by atoms with van der Waals surface area (Å²) in [4.78, 5) is 23.1. The first-order chi connectivity index (χ1) is 13.0. The minimum Gasteiger partial charge on any atom is -0.477 e. The van der Waals surface area contributed by atoms with Crippen molar-refractivity contribution in [3.63, 3.8) is 0 Å². The lowest BCUT2D eigenvalue weighted by Gasteiger charge is -2.32. The summed E-state index contributed by atoms with van der Waals surface area (Å²) in [5.74, 6) is -1.03. The lowest BCUT2D eigenvalue weighted by Crippen LogP contribution is -2.34. The van der Waals surface area contributed by atoms with Crippen molar-refractivity contribution in [2.45, 2.75) is 31.8 Å². The number of aromatic nitrogens is 2. The molecule has 8 heteroatoms. The van der Waals surface area contributed by atoms with E-state index in [1.54, 1.807) is 12.3 Å². The second kappa shape index (κ2) is 7.11. The summed E-state index contributed by atoms with van der Waals surface area (Å²) in [6.07, 6.45) is 4.08. The van der Waals surface area contributed by atoms with Crippen LogP contribution in [-0.2, 0) is 13.0 Å². The molecule has 0 radical (unpaired) electrons. The number of fused-ring (bicyclic) bond motifs is 1. The number of anilines is 2. The molecule has 2 N–H and O–H groups in total. The Morgan fingerprint density at radius 1 is 1.26 bits per heavy atom. The van der Waals surface area contributed by atoms with E-state index in [0.717, 1.165) is 36.2 Å². The Hall–Kier alpha value is -2.74. The molecular weight excluding hydrogens is 351 g/mol. The maximum Gasteiger partial charge on any atom is 0.354 e. The number of aliphatic hydroxyl groups excluding tert-OH is 1. The number of hydrogen-bond acceptors (Lipinski definition) is 6. The third-order valence-corrected chi connectivity index (χ3v) is 5.33. The van der Waals surface area contributed by atoms with Crippen LogP contribution in [-0.4, -0.2) is 51.9 Å². The number of carboxylic acids is 1. The van der Waals surface area contributed by atoms with Gasteiger partial charge in [0.25, 0.3) is 0 Å². The standard InChI is InChI=1S/C19H21FN4O3/c20-17-7-15(8-18(22-17)24-4-1-2-14(24)11-25)23-5-3-12-6-16(19(26)27)21-9-13(12)10-23/h6-9,14,25H,1-5,10-11H2,(H,26,27). The molecule has 4 rings (SSSR count). The highest BCUT2D eigenvalue weighted by molar-refractivity contribution is 5.85. The molecule has 142 valence electrons. The van der Waals surface area contributed by atoms with Crippen molar-refractivity contribution in [1.82, 2.24) is 9.97 Å². The topological polar surface area (TPSA) is 89.8 Å². The van der Waals surface area contributed by atoms with Crippen molar-refractivity contribution in [3.05, 3.63) is 47.2 Å². The summed E-state index contributed by atoms with van der Waals surface area (Å²) < 4.78 is 14.2. The van der Waals surface area contributed by atoms with E-state index in [2.05, 4.69) is 9.97 Å². The van der Waals surface area contributed by atoms with E-state index in [4.69, 9.17) is 5.11 Å². The van der Waals surface area contributed by atoms with Crippen molar-refractivity contribution in [2.75, 3.05) is 29.5 Å². The molecule has 2 aromatic heterocycles. The van der Waals surface area contributed by atoms with Crippen LogP contribution in [0.2, 0.25) is 0 Å². The van der Waals surface area contributed by atoms with E-state index in [1.807, 2.05) is 15.9 Å². The number of carbonyl (C=O) groups is 1. The third kappa shape index (κ3) is 3.44. The molecule has 1 fully saturated rings. The molecule has 0 spiro atoms. The number of aliphatic hydroxyl groups is 1. The van der Waals surface area contributed by atoms with Crippen LogP contribution in [0.1, 0.15) is 34.5 Å². The van der Waals surface area contributed by atoms with Crippen molar-refractivity contribution in [2.24, 2.45) is 0 Å². The van der Waals surface area contributed by atoms with Crippen molar-refractivity contribution >= 4 is 17.5 Å². The Balaban J connectivity index is 1.60. The van der Waals surface area contributed by atoms with Crippen LogP contribution >= 0.6 is 0 Å². The largest absolute Gasteiger partial charge is 0.477 e. The van der Waals surface area contributed by atoms with E-state index in [-0.39, 0.29) is 18.3 Å². The van der Waals surface area contributed by atoms with Gasteiger partial charge in [0.2, 0.25) is 5.95 Å². The van der Waals surface area contributed by atoms with Crippen LogP contribution in [0, 0.1) is 5.95 Å². The van der Waals surface area contributed by atoms with E-state index < -0.39 is 11.9 Å². The highest BCUT2D eigenvalue weighted by Crippen LogP contribution is 2.30. The summed E-state index contributed by atoms with van der Waals surface area (Å²) in [7, 11) is 0. The second-order valence-electron chi connectivity index (χ2n) is 6.99. The van der Waals surface area contributed by atoms with Gasteiger partial charge in [-0.2, -0.15) is 4.39 Å². The van der Waals surface area contributed by atoms with Crippen LogP contribution in [0.5, 0.6) is 0 Å². The van der Waals surface area contributed by atoms with Crippen LogP contribution in [0.4, 0.5) is 15.9 Å². The lowest BCUT2D eigenvalue weighted by molar-refractivity contribution is 0.0690. The van der Waals surface area contributed by atoms with Gasteiger partial charge in [-0.1, -0.05) is 0 Å². The zero-order valence-electron chi connectivity index (χ0n) is 14.8. The van der Waals surface area contributed by atoms with Gasteiger partial charge in [-0.3, -0.25) is 0 Å². The molecule has 0 amide bonds.